The van der Waals surface area contributed by atoms with Gasteiger partial charge in [0.2, 0.25) is 0 Å². The highest BCUT2D eigenvalue weighted by Gasteiger charge is 2.03. The van der Waals surface area contributed by atoms with Gasteiger partial charge in [0, 0.05) is 17.5 Å². The van der Waals surface area contributed by atoms with Gasteiger partial charge in [-0.2, -0.15) is 0 Å². The van der Waals surface area contributed by atoms with Crippen LogP contribution in [0.3, 0.4) is 0 Å². The molecule has 2 rings (SSSR count). The van der Waals surface area contributed by atoms with Crippen LogP contribution < -0.4 is 0 Å². The van der Waals surface area contributed by atoms with E-state index in [1.54, 1.807) is 6.20 Å². The van der Waals surface area contributed by atoms with Gasteiger partial charge in [-0.3, -0.25) is 0 Å². The Kier molecular flexibility index (Phi) is 2.38. The Morgan fingerprint density at radius 2 is 1.85 bits per heavy atom. The second-order valence-corrected chi connectivity index (χ2v) is 3.38. The average Bonchev–Trinajstić information content (AvgIpc) is 2.19. The van der Waals surface area contributed by atoms with Crippen molar-refractivity contribution in [2.45, 2.75) is 5.88 Å². The van der Waals surface area contributed by atoms with E-state index >= 15 is 0 Å². The SMILES string of the molecule is ClCc1cnc(Cl)c2ccccc12. The Balaban J connectivity index is 2.84. The normalized spacial score (nSPS) is 10.6. The van der Waals surface area contributed by atoms with E-state index in [9.17, 15) is 0 Å². The summed E-state index contributed by atoms with van der Waals surface area (Å²) in [4.78, 5) is 4.06. The summed E-state index contributed by atoms with van der Waals surface area (Å²) in [6.07, 6.45) is 1.72. The summed E-state index contributed by atoms with van der Waals surface area (Å²) in [5, 5.41) is 2.57. The molecule has 1 heterocycles. The fourth-order valence-electron chi connectivity index (χ4n) is 1.32. The van der Waals surface area contributed by atoms with Crippen LogP contribution in [0.5, 0.6) is 0 Å². The molecule has 0 aliphatic heterocycles. The molecule has 0 spiro atoms. The number of nitrogens with zero attached hydrogens (tertiary/aromatic N) is 1. The number of alkyl halides is 1. The minimum absolute atomic E-state index is 0.463. The van der Waals surface area contributed by atoms with Crippen molar-refractivity contribution in [1.29, 1.82) is 0 Å². The Morgan fingerprint density at radius 3 is 2.54 bits per heavy atom. The van der Waals surface area contributed by atoms with Crippen LogP contribution in [0.1, 0.15) is 5.56 Å². The minimum Gasteiger partial charge on any atom is -0.244 e. The van der Waals surface area contributed by atoms with E-state index in [1.807, 2.05) is 24.3 Å². The number of pyridine rings is 1. The Bertz CT molecular complexity index is 440. The molecule has 0 unspecified atom stereocenters. The van der Waals surface area contributed by atoms with Crippen LogP contribution >= 0.6 is 23.2 Å². The zero-order valence-corrected chi connectivity index (χ0v) is 8.31. The maximum Gasteiger partial charge on any atom is 0.136 e. The predicted octanol–water partition coefficient (Wildman–Crippen LogP) is 3.63. The Hall–Kier alpha value is -0.790. The lowest BCUT2D eigenvalue weighted by atomic mass is 10.1. The zero-order valence-electron chi connectivity index (χ0n) is 6.80. The molecule has 66 valence electrons. The smallest absolute Gasteiger partial charge is 0.136 e. The van der Waals surface area contributed by atoms with Gasteiger partial charge in [-0.15, -0.1) is 11.6 Å². The number of rotatable bonds is 1. The summed E-state index contributed by atoms with van der Waals surface area (Å²) in [6, 6.07) is 7.85. The lowest BCUT2D eigenvalue weighted by Crippen LogP contribution is -1.85. The molecule has 0 saturated carbocycles. The molecule has 0 N–H and O–H groups in total. The third-order valence-corrected chi connectivity index (χ3v) is 2.56. The van der Waals surface area contributed by atoms with Crippen molar-refractivity contribution in [3.63, 3.8) is 0 Å². The predicted molar refractivity (Wildman–Crippen MR) is 56.3 cm³/mol. The quantitative estimate of drug-likeness (QED) is 0.519. The number of aromatic nitrogens is 1. The van der Waals surface area contributed by atoms with Gasteiger partial charge < -0.3 is 0 Å². The molecule has 1 nitrogen and oxygen atoms in total. The Labute approximate surface area is 86.3 Å². The first-order valence-corrected chi connectivity index (χ1v) is 4.82. The first kappa shape index (κ1) is 8.79. The second kappa shape index (κ2) is 3.52. The van der Waals surface area contributed by atoms with Gasteiger partial charge in [-0.25, -0.2) is 4.98 Å². The van der Waals surface area contributed by atoms with Gasteiger partial charge in [0.25, 0.3) is 0 Å². The number of fused-ring (bicyclic) bond motifs is 1. The molecule has 0 amide bonds. The molecule has 0 bridgehead atoms. The van der Waals surface area contributed by atoms with Gasteiger partial charge in [-0.05, 0) is 10.9 Å². The van der Waals surface area contributed by atoms with E-state index in [2.05, 4.69) is 4.98 Å². The molecule has 1 aromatic carbocycles. The first-order valence-electron chi connectivity index (χ1n) is 3.91. The van der Waals surface area contributed by atoms with E-state index < -0.39 is 0 Å². The number of benzene rings is 1. The van der Waals surface area contributed by atoms with Gasteiger partial charge in [-0.1, -0.05) is 35.9 Å². The molecular formula is C10H7Cl2N. The number of hydrogen-bond acceptors (Lipinski definition) is 1. The minimum atomic E-state index is 0.463. The van der Waals surface area contributed by atoms with E-state index in [0.717, 1.165) is 16.3 Å². The summed E-state index contributed by atoms with van der Waals surface area (Å²) in [5.41, 5.74) is 1.02. The van der Waals surface area contributed by atoms with Gasteiger partial charge in [0.1, 0.15) is 5.15 Å². The van der Waals surface area contributed by atoms with E-state index in [-0.39, 0.29) is 0 Å². The van der Waals surface area contributed by atoms with Crippen LogP contribution in [-0.2, 0) is 5.88 Å². The third kappa shape index (κ3) is 1.50. The van der Waals surface area contributed by atoms with Crippen LogP contribution in [-0.4, -0.2) is 4.98 Å². The highest BCUT2D eigenvalue weighted by molar-refractivity contribution is 6.34. The van der Waals surface area contributed by atoms with Gasteiger partial charge in [0.05, 0.1) is 0 Å². The largest absolute Gasteiger partial charge is 0.244 e. The fourth-order valence-corrected chi connectivity index (χ4v) is 1.75. The maximum atomic E-state index is 5.93. The van der Waals surface area contributed by atoms with Gasteiger partial charge >= 0.3 is 0 Å². The van der Waals surface area contributed by atoms with Crippen molar-refractivity contribution in [3.05, 3.63) is 41.2 Å². The summed E-state index contributed by atoms with van der Waals surface area (Å²) in [5.74, 6) is 0.463. The average molecular weight is 212 g/mol. The molecule has 0 aliphatic rings. The van der Waals surface area contributed by atoms with E-state index in [4.69, 9.17) is 23.2 Å². The van der Waals surface area contributed by atoms with Crippen molar-refractivity contribution >= 4 is 34.0 Å². The summed E-state index contributed by atoms with van der Waals surface area (Å²) < 4.78 is 0. The Morgan fingerprint density at radius 1 is 1.15 bits per heavy atom. The molecule has 0 aliphatic carbocycles. The molecule has 0 atom stereocenters. The summed E-state index contributed by atoms with van der Waals surface area (Å²) in [6.45, 7) is 0. The highest BCUT2D eigenvalue weighted by atomic mass is 35.5. The fraction of sp³-hybridized carbons (Fsp3) is 0.100. The molecule has 1 aromatic heterocycles. The molecular weight excluding hydrogens is 205 g/mol. The van der Waals surface area contributed by atoms with E-state index in [0.29, 0.717) is 11.0 Å². The van der Waals surface area contributed by atoms with Crippen molar-refractivity contribution in [2.75, 3.05) is 0 Å². The van der Waals surface area contributed by atoms with Crippen molar-refractivity contribution < 1.29 is 0 Å². The van der Waals surface area contributed by atoms with Crippen LogP contribution in [0.15, 0.2) is 30.5 Å². The number of hydrogen-bond donors (Lipinski definition) is 0. The molecule has 3 heteroatoms. The lowest BCUT2D eigenvalue weighted by molar-refractivity contribution is 1.29. The topological polar surface area (TPSA) is 12.9 Å². The van der Waals surface area contributed by atoms with E-state index in [1.165, 1.54) is 0 Å². The molecule has 13 heavy (non-hydrogen) atoms. The highest BCUT2D eigenvalue weighted by Crippen LogP contribution is 2.24. The van der Waals surface area contributed by atoms with Crippen molar-refractivity contribution in [2.24, 2.45) is 0 Å². The summed E-state index contributed by atoms with van der Waals surface area (Å²) in [7, 11) is 0. The van der Waals surface area contributed by atoms with Crippen LogP contribution in [0.4, 0.5) is 0 Å². The second-order valence-electron chi connectivity index (χ2n) is 2.75. The molecule has 0 saturated heterocycles. The van der Waals surface area contributed by atoms with Crippen LogP contribution in [0.2, 0.25) is 5.15 Å². The molecule has 2 aromatic rings. The summed E-state index contributed by atoms with van der Waals surface area (Å²) >= 11 is 11.7. The third-order valence-electron chi connectivity index (χ3n) is 1.97. The first-order chi connectivity index (χ1) is 6.33. The number of halogens is 2. The lowest BCUT2D eigenvalue weighted by Gasteiger charge is -2.03. The molecule has 0 fully saturated rings. The van der Waals surface area contributed by atoms with Crippen molar-refractivity contribution in [1.82, 2.24) is 4.98 Å². The zero-order chi connectivity index (χ0) is 9.26. The monoisotopic (exact) mass is 211 g/mol. The maximum absolute atomic E-state index is 5.93. The van der Waals surface area contributed by atoms with Crippen LogP contribution in [0.25, 0.3) is 10.8 Å². The van der Waals surface area contributed by atoms with Crippen LogP contribution in [0, 0.1) is 0 Å². The van der Waals surface area contributed by atoms with Gasteiger partial charge in [0.15, 0.2) is 0 Å². The van der Waals surface area contributed by atoms with Crippen molar-refractivity contribution in [3.8, 4) is 0 Å². The standard InChI is InChI=1S/C10H7Cl2N/c11-5-7-6-13-10(12)9-4-2-1-3-8(7)9/h1-4,6H,5H2. The molecule has 0 radical (unpaired) electrons.